The van der Waals surface area contributed by atoms with Crippen LogP contribution in [0.4, 0.5) is 5.82 Å². The van der Waals surface area contributed by atoms with Gasteiger partial charge in [-0.2, -0.15) is 0 Å². The second-order valence-electron chi connectivity index (χ2n) is 6.95. The minimum Gasteiger partial charge on any atom is -0.383 e. The minimum atomic E-state index is -0.0902. The number of imidazole rings is 1. The molecule has 144 valence electrons. The quantitative estimate of drug-likeness (QED) is 0.709. The summed E-state index contributed by atoms with van der Waals surface area (Å²) in [6.07, 6.45) is 4.19. The Morgan fingerprint density at radius 2 is 1.93 bits per heavy atom. The zero-order valence-corrected chi connectivity index (χ0v) is 15.7. The second-order valence-corrected chi connectivity index (χ2v) is 6.95. The van der Waals surface area contributed by atoms with Crippen molar-refractivity contribution in [3.63, 3.8) is 0 Å². The number of hydrogen-bond acceptors (Lipinski definition) is 5. The number of carbonyl (C=O) groups excluding carboxylic acids is 1. The molecule has 1 amide bonds. The molecule has 3 heterocycles. The Balaban J connectivity index is 1.40. The van der Waals surface area contributed by atoms with Crippen molar-refractivity contribution in [1.29, 1.82) is 0 Å². The number of anilines is 1. The van der Waals surface area contributed by atoms with Crippen LogP contribution < -0.4 is 11.1 Å². The van der Waals surface area contributed by atoms with Crippen LogP contribution in [0.1, 0.15) is 27.4 Å². The fraction of sp³-hybridized carbons (Fsp3) is 0.286. The van der Waals surface area contributed by atoms with Crippen LogP contribution in [0.15, 0.2) is 54.9 Å². The smallest absolute Gasteiger partial charge is 0.269 e. The third kappa shape index (κ3) is 4.04. The molecule has 0 bridgehead atoms. The Hall–Kier alpha value is -3.19. The van der Waals surface area contributed by atoms with Crippen LogP contribution in [0.3, 0.4) is 0 Å². The summed E-state index contributed by atoms with van der Waals surface area (Å²) in [5.41, 5.74) is 8.70. The summed E-state index contributed by atoms with van der Waals surface area (Å²) in [5, 5.41) is 2.99. The van der Waals surface area contributed by atoms with E-state index in [0.29, 0.717) is 18.1 Å². The molecule has 4 rings (SSSR count). The van der Waals surface area contributed by atoms with Crippen LogP contribution in [0, 0.1) is 0 Å². The first kappa shape index (κ1) is 18.2. The standard InChI is InChI=1S/C21H24N6O/c22-20-17(7-4-9-23-20)15-26-10-8-19-24-14-18(27(19)12-11-26)21(28)25-13-16-5-2-1-3-6-16/h1-7,9,14H,8,10-13,15H2,(H2,22,23)(H,25,28). The van der Waals surface area contributed by atoms with Crippen LogP contribution in [-0.2, 0) is 26.1 Å². The molecule has 0 fully saturated rings. The van der Waals surface area contributed by atoms with Crippen molar-refractivity contribution in [3.05, 3.63) is 77.5 Å². The van der Waals surface area contributed by atoms with Gasteiger partial charge in [0.2, 0.25) is 0 Å². The molecule has 7 heteroatoms. The van der Waals surface area contributed by atoms with Gasteiger partial charge in [-0.05, 0) is 11.6 Å². The van der Waals surface area contributed by atoms with E-state index in [1.807, 2.05) is 47.0 Å². The maximum absolute atomic E-state index is 12.7. The SMILES string of the molecule is Nc1ncccc1CN1CCc2ncc(C(=O)NCc3ccccc3)n2CC1. The van der Waals surface area contributed by atoms with Crippen LogP contribution in [-0.4, -0.2) is 38.4 Å². The third-order valence-electron chi connectivity index (χ3n) is 5.08. The largest absolute Gasteiger partial charge is 0.383 e. The van der Waals surface area contributed by atoms with E-state index >= 15 is 0 Å². The van der Waals surface area contributed by atoms with Crippen molar-refractivity contribution >= 4 is 11.7 Å². The zero-order chi connectivity index (χ0) is 19.3. The number of benzene rings is 1. The topological polar surface area (TPSA) is 89.1 Å². The van der Waals surface area contributed by atoms with E-state index in [1.165, 1.54) is 0 Å². The molecule has 1 aromatic carbocycles. The zero-order valence-electron chi connectivity index (χ0n) is 15.7. The molecule has 0 atom stereocenters. The van der Waals surface area contributed by atoms with E-state index < -0.39 is 0 Å². The van der Waals surface area contributed by atoms with Gasteiger partial charge >= 0.3 is 0 Å². The average molecular weight is 376 g/mol. The molecular formula is C21H24N6O. The first-order chi connectivity index (χ1) is 13.7. The third-order valence-corrected chi connectivity index (χ3v) is 5.08. The summed E-state index contributed by atoms with van der Waals surface area (Å²) >= 11 is 0. The summed E-state index contributed by atoms with van der Waals surface area (Å²) in [6, 6.07) is 13.8. The molecule has 0 saturated heterocycles. The molecule has 7 nitrogen and oxygen atoms in total. The van der Waals surface area contributed by atoms with E-state index in [9.17, 15) is 4.79 Å². The lowest BCUT2D eigenvalue weighted by molar-refractivity contribution is 0.0940. The van der Waals surface area contributed by atoms with E-state index in [4.69, 9.17) is 5.73 Å². The van der Waals surface area contributed by atoms with Gasteiger partial charge in [-0.1, -0.05) is 36.4 Å². The molecule has 1 aliphatic rings. The number of nitrogen functional groups attached to an aromatic ring is 1. The molecule has 2 aromatic heterocycles. The first-order valence-electron chi connectivity index (χ1n) is 9.49. The number of fused-ring (bicyclic) bond motifs is 1. The molecule has 0 aliphatic carbocycles. The number of carbonyl (C=O) groups is 1. The number of hydrogen-bond donors (Lipinski definition) is 2. The number of amides is 1. The van der Waals surface area contributed by atoms with Crippen molar-refractivity contribution in [3.8, 4) is 0 Å². The average Bonchev–Trinajstić information content (AvgIpc) is 3.03. The van der Waals surface area contributed by atoms with Crippen molar-refractivity contribution in [1.82, 2.24) is 24.8 Å². The summed E-state index contributed by atoms with van der Waals surface area (Å²) in [4.78, 5) is 23.6. The highest BCUT2D eigenvalue weighted by Gasteiger charge is 2.21. The van der Waals surface area contributed by atoms with E-state index in [1.54, 1.807) is 12.4 Å². The number of nitrogens with zero attached hydrogens (tertiary/aromatic N) is 4. The van der Waals surface area contributed by atoms with Gasteiger partial charge in [0, 0.05) is 50.9 Å². The number of pyridine rings is 1. The predicted molar refractivity (Wildman–Crippen MR) is 107 cm³/mol. The Morgan fingerprint density at radius 3 is 2.75 bits per heavy atom. The molecule has 0 spiro atoms. The predicted octanol–water partition coefficient (Wildman–Crippen LogP) is 1.85. The second kappa shape index (κ2) is 8.22. The Kier molecular flexibility index (Phi) is 5.34. The molecular weight excluding hydrogens is 352 g/mol. The summed E-state index contributed by atoms with van der Waals surface area (Å²) in [5.74, 6) is 1.43. The summed E-state index contributed by atoms with van der Waals surface area (Å²) < 4.78 is 2.03. The van der Waals surface area contributed by atoms with Gasteiger partial charge in [-0.3, -0.25) is 9.69 Å². The Labute approximate surface area is 164 Å². The molecule has 0 radical (unpaired) electrons. The Morgan fingerprint density at radius 1 is 1.07 bits per heavy atom. The lowest BCUT2D eigenvalue weighted by Crippen LogP contribution is -2.29. The highest BCUT2D eigenvalue weighted by molar-refractivity contribution is 5.92. The molecule has 3 N–H and O–H groups in total. The van der Waals surface area contributed by atoms with Crippen molar-refractivity contribution in [2.75, 3.05) is 18.8 Å². The van der Waals surface area contributed by atoms with Gasteiger partial charge in [0.25, 0.3) is 5.91 Å². The maximum Gasteiger partial charge on any atom is 0.269 e. The van der Waals surface area contributed by atoms with Gasteiger partial charge < -0.3 is 15.6 Å². The first-order valence-corrected chi connectivity index (χ1v) is 9.49. The minimum absolute atomic E-state index is 0.0902. The van der Waals surface area contributed by atoms with Gasteiger partial charge in [-0.15, -0.1) is 0 Å². The lowest BCUT2D eigenvalue weighted by atomic mass is 10.2. The van der Waals surface area contributed by atoms with E-state index in [-0.39, 0.29) is 5.91 Å². The van der Waals surface area contributed by atoms with Gasteiger partial charge in [0.1, 0.15) is 17.3 Å². The normalized spacial score (nSPS) is 14.3. The van der Waals surface area contributed by atoms with Gasteiger partial charge in [-0.25, -0.2) is 9.97 Å². The molecule has 3 aromatic rings. The molecule has 28 heavy (non-hydrogen) atoms. The highest BCUT2D eigenvalue weighted by Crippen LogP contribution is 2.16. The van der Waals surface area contributed by atoms with Crippen molar-refractivity contribution in [2.45, 2.75) is 26.1 Å². The number of nitrogens with one attached hydrogen (secondary N) is 1. The van der Waals surface area contributed by atoms with Crippen LogP contribution in [0.25, 0.3) is 0 Å². The van der Waals surface area contributed by atoms with E-state index in [0.717, 1.165) is 49.6 Å². The van der Waals surface area contributed by atoms with Crippen LogP contribution in [0.5, 0.6) is 0 Å². The fourth-order valence-electron chi connectivity index (χ4n) is 3.51. The van der Waals surface area contributed by atoms with Gasteiger partial charge in [0.05, 0.1) is 6.20 Å². The van der Waals surface area contributed by atoms with Gasteiger partial charge in [0.15, 0.2) is 0 Å². The molecule has 0 saturated carbocycles. The fourth-order valence-corrected chi connectivity index (χ4v) is 3.51. The number of nitrogens with two attached hydrogens (primary N) is 1. The Bertz CT molecular complexity index is 953. The number of rotatable bonds is 5. The van der Waals surface area contributed by atoms with Crippen molar-refractivity contribution < 1.29 is 4.79 Å². The summed E-state index contributed by atoms with van der Waals surface area (Å²) in [7, 11) is 0. The van der Waals surface area contributed by atoms with Crippen LogP contribution in [0.2, 0.25) is 0 Å². The highest BCUT2D eigenvalue weighted by atomic mass is 16.1. The maximum atomic E-state index is 12.7. The monoisotopic (exact) mass is 376 g/mol. The van der Waals surface area contributed by atoms with E-state index in [2.05, 4.69) is 20.2 Å². The lowest BCUT2D eigenvalue weighted by Gasteiger charge is -2.20. The van der Waals surface area contributed by atoms with Crippen LogP contribution >= 0.6 is 0 Å². The number of aromatic nitrogens is 3. The summed E-state index contributed by atoms with van der Waals surface area (Å²) in [6.45, 7) is 3.68. The molecule has 0 unspecified atom stereocenters. The van der Waals surface area contributed by atoms with Crippen molar-refractivity contribution in [2.24, 2.45) is 0 Å². The molecule has 1 aliphatic heterocycles.